The van der Waals surface area contributed by atoms with E-state index in [9.17, 15) is 9.59 Å². The number of halogens is 1. The summed E-state index contributed by atoms with van der Waals surface area (Å²) in [5.41, 5.74) is 1.04. The molecule has 158 valence electrons. The highest BCUT2D eigenvalue weighted by atomic mass is 35.5. The summed E-state index contributed by atoms with van der Waals surface area (Å²) in [5.74, 6) is -0.543. The second-order valence-corrected chi connectivity index (χ2v) is 7.73. The number of amides is 1. The van der Waals surface area contributed by atoms with E-state index in [-0.39, 0.29) is 23.9 Å². The molecule has 2 aromatic rings. The highest BCUT2D eigenvalue weighted by molar-refractivity contribution is 7.13. The van der Waals surface area contributed by atoms with Gasteiger partial charge in [-0.05, 0) is 19.8 Å². The molecule has 1 amide bonds. The third-order valence-electron chi connectivity index (χ3n) is 4.72. The van der Waals surface area contributed by atoms with Crippen LogP contribution in [-0.4, -0.2) is 65.8 Å². The maximum absolute atomic E-state index is 12.6. The Morgan fingerprint density at radius 3 is 2.86 bits per heavy atom. The number of carbonyl (C=O) groups excluding carboxylic acids is 2. The van der Waals surface area contributed by atoms with Gasteiger partial charge in [-0.3, -0.25) is 4.79 Å². The Labute approximate surface area is 177 Å². The quantitative estimate of drug-likeness (QED) is 0.634. The number of methoxy groups -OCH3 is 1. The minimum absolute atomic E-state index is 0.179. The lowest BCUT2D eigenvalue weighted by Gasteiger charge is -2.37. The SMILES string of the molecule is CCOC(=O)c1csc(N2CC[C@@H](NC(=O)c3nc(Cl)c(CC)[nH]3)[C@@H](OC)C2)n1. The normalized spacial score (nSPS) is 19.2. The van der Waals surface area contributed by atoms with Gasteiger partial charge in [0, 0.05) is 25.6 Å². The van der Waals surface area contributed by atoms with Crippen LogP contribution in [-0.2, 0) is 15.9 Å². The molecule has 0 unspecified atom stereocenters. The zero-order chi connectivity index (χ0) is 21.0. The second kappa shape index (κ2) is 9.55. The number of thiazole rings is 1. The molecule has 1 fully saturated rings. The van der Waals surface area contributed by atoms with E-state index < -0.39 is 5.97 Å². The summed E-state index contributed by atoms with van der Waals surface area (Å²) in [6, 6.07) is -0.179. The van der Waals surface area contributed by atoms with E-state index in [0.717, 1.165) is 10.8 Å². The third kappa shape index (κ3) is 4.88. The number of H-pyrrole nitrogens is 1. The van der Waals surface area contributed by atoms with Gasteiger partial charge in [-0.15, -0.1) is 11.3 Å². The minimum Gasteiger partial charge on any atom is -0.461 e. The predicted molar refractivity (Wildman–Crippen MR) is 110 cm³/mol. The highest BCUT2D eigenvalue weighted by Gasteiger charge is 2.32. The zero-order valence-corrected chi connectivity index (χ0v) is 18.1. The Kier molecular flexibility index (Phi) is 7.09. The number of piperidine rings is 1. The number of esters is 1. The molecular formula is C18H24ClN5O4S. The van der Waals surface area contributed by atoms with Gasteiger partial charge in [0.15, 0.2) is 21.8 Å². The number of anilines is 1. The van der Waals surface area contributed by atoms with E-state index >= 15 is 0 Å². The van der Waals surface area contributed by atoms with Crippen LogP contribution in [0.2, 0.25) is 5.15 Å². The molecule has 0 aromatic carbocycles. The average Bonchev–Trinajstić information content (AvgIpc) is 3.35. The van der Waals surface area contributed by atoms with Crippen molar-refractivity contribution in [3.63, 3.8) is 0 Å². The van der Waals surface area contributed by atoms with Gasteiger partial charge in [0.2, 0.25) is 0 Å². The summed E-state index contributed by atoms with van der Waals surface area (Å²) in [5, 5.41) is 5.71. The number of nitrogens with one attached hydrogen (secondary N) is 2. The smallest absolute Gasteiger partial charge is 0.357 e. The van der Waals surface area contributed by atoms with Crippen molar-refractivity contribution in [3.05, 3.63) is 27.7 Å². The van der Waals surface area contributed by atoms with E-state index in [1.54, 1.807) is 19.4 Å². The first kappa shape index (κ1) is 21.5. The molecule has 0 saturated carbocycles. The largest absolute Gasteiger partial charge is 0.461 e. The number of hydrogen-bond acceptors (Lipinski definition) is 8. The van der Waals surface area contributed by atoms with E-state index in [1.807, 2.05) is 11.8 Å². The molecule has 2 N–H and O–H groups in total. The first-order valence-corrected chi connectivity index (χ1v) is 10.7. The molecule has 0 bridgehead atoms. The highest BCUT2D eigenvalue weighted by Crippen LogP contribution is 2.26. The molecular weight excluding hydrogens is 418 g/mol. The van der Waals surface area contributed by atoms with Crippen LogP contribution in [0.5, 0.6) is 0 Å². The van der Waals surface area contributed by atoms with Crippen LogP contribution in [0.4, 0.5) is 5.13 Å². The number of carbonyl (C=O) groups is 2. The van der Waals surface area contributed by atoms with Gasteiger partial charge < -0.3 is 24.7 Å². The van der Waals surface area contributed by atoms with Crippen LogP contribution in [0.1, 0.15) is 47.1 Å². The van der Waals surface area contributed by atoms with Crippen LogP contribution in [0, 0.1) is 0 Å². The Morgan fingerprint density at radius 2 is 2.21 bits per heavy atom. The van der Waals surface area contributed by atoms with Crippen molar-refractivity contribution >= 4 is 39.9 Å². The second-order valence-electron chi connectivity index (χ2n) is 6.53. The Balaban J connectivity index is 1.63. The van der Waals surface area contributed by atoms with Gasteiger partial charge in [0.05, 0.1) is 24.4 Å². The van der Waals surface area contributed by atoms with Gasteiger partial charge in [-0.25, -0.2) is 14.8 Å². The van der Waals surface area contributed by atoms with Crippen molar-refractivity contribution < 1.29 is 19.1 Å². The van der Waals surface area contributed by atoms with Crippen LogP contribution in [0.3, 0.4) is 0 Å². The summed E-state index contributed by atoms with van der Waals surface area (Å²) in [7, 11) is 1.61. The van der Waals surface area contributed by atoms with Crippen molar-refractivity contribution in [2.45, 2.75) is 38.8 Å². The molecule has 0 radical (unpaired) electrons. The first-order chi connectivity index (χ1) is 14.0. The Bertz CT molecular complexity index is 870. The average molecular weight is 442 g/mol. The molecule has 3 heterocycles. The van der Waals surface area contributed by atoms with Crippen molar-refractivity contribution in [1.82, 2.24) is 20.3 Å². The van der Waals surface area contributed by atoms with E-state index in [4.69, 9.17) is 21.1 Å². The topological polar surface area (TPSA) is 109 Å². The molecule has 0 spiro atoms. The molecule has 9 nitrogen and oxygen atoms in total. The standard InChI is InChI=1S/C18H24ClN5O4S/c1-4-10-14(19)23-15(20-10)16(25)21-11-6-7-24(8-13(11)27-3)18-22-12(9-29-18)17(26)28-5-2/h9,11,13H,4-8H2,1-3H3,(H,20,23)(H,21,25)/t11-,13+/m1/s1. The van der Waals surface area contributed by atoms with Crippen molar-refractivity contribution in [2.24, 2.45) is 0 Å². The lowest BCUT2D eigenvalue weighted by Crippen LogP contribution is -2.55. The number of aryl methyl sites for hydroxylation is 1. The monoisotopic (exact) mass is 441 g/mol. The maximum Gasteiger partial charge on any atom is 0.357 e. The number of aromatic nitrogens is 3. The molecule has 3 rings (SSSR count). The van der Waals surface area contributed by atoms with Crippen molar-refractivity contribution in [1.29, 1.82) is 0 Å². The molecule has 1 saturated heterocycles. The van der Waals surface area contributed by atoms with Crippen LogP contribution in [0.25, 0.3) is 0 Å². The molecule has 0 aliphatic carbocycles. The number of aromatic amines is 1. The molecule has 2 atom stereocenters. The van der Waals surface area contributed by atoms with Gasteiger partial charge in [-0.2, -0.15) is 0 Å². The van der Waals surface area contributed by atoms with Crippen LogP contribution in [0.15, 0.2) is 5.38 Å². The number of hydrogen-bond donors (Lipinski definition) is 2. The zero-order valence-electron chi connectivity index (χ0n) is 16.5. The number of nitrogens with zero attached hydrogens (tertiary/aromatic N) is 3. The van der Waals surface area contributed by atoms with E-state index in [0.29, 0.717) is 43.4 Å². The van der Waals surface area contributed by atoms with Gasteiger partial charge in [0.1, 0.15) is 0 Å². The predicted octanol–water partition coefficient (Wildman–Crippen LogP) is 2.28. The van der Waals surface area contributed by atoms with Crippen LogP contribution >= 0.6 is 22.9 Å². The van der Waals surface area contributed by atoms with Gasteiger partial charge in [0.25, 0.3) is 5.91 Å². The maximum atomic E-state index is 12.6. The summed E-state index contributed by atoms with van der Waals surface area (Å²) in [4.78, 5) is 37.8. The first-order valence-electron chi connectivity index (χ1n) is 9.42. The van der Waals surface area contributed by atoms with Gasteiger partial charge >= 0.3 is 5.97 Å². The summed E-state index contributed by atoms with van der Waals surface area (Å²) < 4.78 is 10.6. The Morgan fingerprint density at radius 1 is 1.41 bits per heavy atom. The molecule has 29 heavy (non-hydrogen) atoms. The van der Waals surface area contributed by atoms with Crippen LogP contribution < -0.4 is 10.2 Å². The fourth-order valence-corrected chi connectivity index (χ4v) is 4.27. The van der Waals surface area contributed by atoms with E-state index in [2.05, 4.69) is 20.3 Å². The number of ether oxygens (including phenoxy) is 2. The van der Waals surface area contributed by atoms with Crippen molar-refractivity contribution in [2.75, 3.05) is 31.7 Å². The minimum atomic E-state index is -0.427. The molecule has 1 aliphatic rings. The molecule has 1 aliphatic heterocycles. The fraction of sp³-hybridized carbons (Fsp3) is 0.556. The Hall–Kier alpha value is -2.17. The molecule has 11 heteroatoms. The lowest BCUT2D eigenvalue weighted by molar-refractivity contribution is 0.0516. The third-order valence-corrected chi connectivity index (χ3v) is 5.94. The molecule has 2 aromatic heterocycles. The summed E-state index contributed by atoms with van der Waals surface area (Å²) >= 11 is 7.41. The lowest BCUT2D eigenvalue weighted by atomic mass is 10.0. The fourth-order valence-electron chi connectivity index (χ4n) is 3.17. The summed E-state index contributed by atoms with van der Waals surface area (Å²) in [6.07, 6.45) is 1.09. The van der Waals surface area contributed by atoms with E-state index in [1.165, 1.54) is 11.3 Å². The van der Waals surface area contributed by atoms with Gasteiger partial charge in [-0.1, -0.05) is 18.5 Å². The van der Waals surface area contributed by atoms with Crippen molar-refractivity contribution in [3.8, 4) is 0 Å². The summed E-state index contributed by atoms with van der Waals surface area (Å²) in [6.45, 7) is 5.20. The number of imidazole rings is 1. The number of rotatable bonds is 7.